The summed E-state index contributed by atoms with van der Waals surface area (Å²) in [5.41, 5.74) is 0.827. The Morgan fingerprint density at radius 1 is 1.45 bits per heavy atom. The molecule has 1 heterocycles. The highest BCUT2D eigenvalue weighted by molar-refractivity contribution is 8.00. The molecule has 0 aromatic heterocycles. The lowest BCUT2D eigenvalue weighted by Crippen LogP contribution is -2.32. The van der Waals surface area contributed by atoms with Crippen LogP contribution in [0.25, 0.3) is 0 Å². The maximum atomic E-state index is 13.1. The third kappa shape index (κ3) is 4.80. The van der Waals surface area contributed by atoms with Crippen LogP contribution in [0.5, 0.6) is 0 Å². The van der Waals surface area contributed by atoms with E-state index >= 15 is 0 Å². The second kappa shape index (κ2) is 7.64. The van der Waals surface area contributed by atoms with Gasteiger partial charge in [0.1, 0.15) is 5.82 Å². The van der Waals surface area contributed by atoms with Crippen LogP contribution in [0, 0.1) is 5.82 Å². The van der Waals surface area contributed by atoms with E-state index in [0.717, 1.165) is 31.5 Å². The Morgan fingerprint density at radius 3 is 2.90 bits per heavy atom. The number of carbonyl (C=O) groups is 1. The van der Waals surface area contributed by atoms with E-state index in [1.807, 2.05) is 6.07 Å². The number of amides is 1. The first-order valence-electron chi connectivity index (χ1n) is 6.96. The van der Waals surface area contributed by atoms with Crippen LogP contribution in [-0.2, 0) is 11.3 Å². The lowest BCUT2D eigenvalue weighted by molar-refractivity contribution is -0.127. The number of nitrogens with zero attached hydrogens (tertiary/aromatic N) is 1. The van der Waals surface area contributed by atoms with Crippen LogP contribution >= 0.6 is 11.8 Å². The summed E-state index contributed by atoms with van der Waals surface area (Å²) in [5.74, 6) is 0.362. The molecule has 110 valence electrons. The molecule has 0 spiro atoms. The average Bonchev–Trinajstić information content (AvgIpc) is 2.46. The monoisotopic (exact) mass is 296 g/mol. The number of hydrogen-bond acceptors (Lipinski definition) is 3. The highest BCUT2D eigenvalue weighted by Gasteiger charge is 2.16. The third-order valence-electron chi connectivity index (χ3n) is 3.46. The van der Waals surface area contributed by atoms with Gasteiger partial charge >= 0.3 is 0 Å². The Kier molecular flexibility index (Phi) is 5.86. The van der Waals surface area contributed by atoms with Gasteiger partial charge in [0.2, 0.25) is 5.91 Å². The van der Waals surface area contributed by atoms with Gasteiger partial charge in [-0.05, 0) is 43.6 Å². The first-order valence-corrected chi connectivity index (χ1v) is 8.01. The molecule has 0 bridgehead atoms. The van der Waals surface area contributed by atoms with Gasteiger partial charge in [0, 0.05) is 18.8 Å². The van der Waals surface area contributed by atoms with Crippen LogP contribution < -0.4 is 5.32 Å². The minimum absolute atomic E-state index is 0.109. The molecular weight excluding hydrogens is 275 g/mol. The summed E-state index contributed by atoms with van der Waals surface area (Å²) in [4.78, 5) is 13.7. The number of nitrogens with one attached hydrogen (secondary N) is 1. The number of hydrogen-bond donors (Lipinski definition) is 1. The van der Waals surface area contributed by atoms with Crippen LogP contribution in [0.1, 0.15) is 18.4 Å². The Balaban J connectivity index is 1.76. The fourth-order valence-electron chi connectivity index (χ4n) is 2.26. The fourth-order valence-corrected chi connectivity index (χ4v) is 3.43. The van der Waals surface area contributed by atoms with E-state index in [1.165, 1.54) is 12.1 Å². The molecule has 0 aliphatic carbocycles. The number of piperidine rings is 1. The SMILES string of the molecule is CN(Cc1cccc(F)c1)C(=O)CSC1CCNCC1. The first-order chi connectivity index (χ1) is 9.65. The van der Waals surface area contributed by atoms with Gasteiger partial charge in [-0.25, -0.2) is 4.39 Å². The quantitative estimate of drug-likeness (QED) is 0.904. The third-order valence-corrected chi connectivity index (χ3v) is 4.82. The highest BCUT2D eigenvalue weighted by Crippen LogP contribution is 2.20. The van der Waals surface area contributed by atoms with Crippen molar-refractivity contribution in [1.82, 2.24) is 10.2 Å². The van der Waals surface area contributed by atoms with E-state index in [9.17, 15) is 9.18 Å². The molecule has 1 saturated heterocycles. The summed E-state index contributed by atoms with van der Waals surface area (Å²) in [6, 6.07) is 6.40. The number of halogens is 1. The molecule has 1 aromatic carbocycles. The van der Waals surface area contributed by atoms with E-state index in [1.54, 1.807) is 29.8 Å². The zero-order valence-electron chi connectivity index (χ0n) is 11.8. The van der Waals surface area contributed by atoms with Gasteiger partial charge in [0.25, 0.3) is 0 Å². The molecule has 1 N–H and O–H groups in total. The van der Waals surface area contributed by atoms with Crippen molar-refractivity contribution >= 4 is 17.7 Å². The molecule has 1 aliphatic heterocycles. The number of carbonyl (C=O) groups excluding carboxylic acids is 1. The summed E-state index contributed by atoms with van der Waals surface area (Å²) < 4.78 is 13.1. The van der Waals surface area contributed by atoms with Crippen molar-refractivity contribution in [1.29, 1.82) is 0 Å². The Morgan fingerprint density at radius 2 is 2.20 bits per heavy atom. The standard InChI is InChI=1S/C15H21FN2OS/c1-18(10-12-3-2-4-13(16)9-12)15(19)11-20-14-5-7-17-8-6-14/h2-4,9,14,17H,5-8,10-11H2,1H3. The number of benzene rings is 1. The smallest absolute Gasteiger partial charge is 0.232 e. The largest absolute Gasteiger partial charge is 0.341 e. The highest BCUT2D eigenvalue weighted by atomic mass is 32.2. The fraction of sp³-hybridized carbons (Fsp3) is 0.533. The van der Waals surface area contributed by atoms with Gasteiger partial charge in [0.05, 0.1) is 5.75 Å². The van der Waals surface area contributed by atoms with Gasteiger partial charge in [-0.3, -0.25) is 4.79 Å². The van der Waals surface area contributed by atoms with Crippen molar-refractivity contribution in [3.05, 3.63) is 35.6 Å². The van der Waals surface area contributed by atoms with Gasteiger partial charge in [-0.1, -0.05) is 12.1 Å². The average molecular weight is 296 g/mol. The number of rotatable bonds is 5. The van der Waals surface area contributed by atoms with Crippen LogP contribution in [0.3, 0.4) is 0 Å². The molecule has 2 rings (SSSR count). The van der Waals surface area contributed by atoms with Crippen LogP contribution in [0.4, 0.5) is 4.39 Å². The van der Waals surface area contributed by atoms with Crippen LogP contribution in [-0.4, -0.2) is 41.9 Å². The zero-order valence-corrected chi connectivity index (χ0v) is 12.6. The van der Waals surface area contributed by atoms with Gasteiger partial charge in [-0.15, -0.1) is 11.8 Å². The lowest BCUT2D eigenvalue weighted by atomic mass is 10.2. The van der Waals surface area contributed by atoms with Gasteiger partial charge in [-0.2, -0.15) is 0 Å². The number of thioether (sulfide) groups is 1. The van der Waals surface area contributed by atoms with Crippen LogP contribution in [0.2, 0.25) is 0 Å². The van der Waals surface area contributed by atoms with E-state index in [4.69, 9.17) is 0 Å². The molecule has 0 radical (unpaired) electrons. The first kappa shape index (κ1) is 15.3. The van der Waals surface area contributed by atoms with Crippen molar-refractivity contribution in [2.75, 3.05) is 25.9 Å². The predicted molar refractivity (Wildman–Crippen MR) is 81.2 cm³/mol. The lowest BCUT2D eigenvalue weighted by Gasteiger charge is -2.23. The van der Waals surface area contributed by atoms with Gasteiger partial charge in [0.15, 0.2) is 0 Å². The molecule has 20 heavy (non-hydrogen) atoms. The maximum Gasteiger partial charge on any atom is 0.232 e. The molecule has 1 aromatic rings. The van der Waals surface area contributed by atoms with E-state index < -0.39 is 0 Å². The van der Waals surface area contributed by atoms with E-state index in [2.05, 4.69) is 5.32 Å². The summed E-state index contributed by atoms with van der Waals surface area (Å²) in [6.07, 6.45) is 2.26. The van der Waals surface area contributed by atoms with Crippen molar-refractivity contribution in [3.63, 3.8) is 0 Å². The van der Waals surface area contributed by atoms with E-state index in [0.29, 0.717) is 17.5 Å². The van der Waals surface area contributed by atoms with Gasteiger partial charge < -0.3 is 10.2 Å². The Bertz CT molecular complexity index is 449. The van der Waals surface area contributed by atoms with Crippen molar-refractivity contribution in [2.45, 2.75) is 24.6 Å². The Labute approximate surface area is 123 Å². The van der Waals surface area contributed by atoms with Crippen molar-refractivity contribution in [3.8, 4) is 0 Å². The molecule has 1 aliphatic rings. The maximum absolute atomic E-state index is 13.1. The Hall–Kier alpha value is -1.07. The topological polar surface area (TPSA) is 32.3 Å². The minimum Gasteiger partial charge on any atom is -0.341 e. The summed E-state index contributed by atoms with van der Waals surface area (Å²) in [6.45, 7) is 2.55. The molecule has 3 nitrogen and oxygen atoms in total. The molecule has 1 fully saturated rings. The predicted octanol–water partition coefficient (Wildman–Crippen LogP) is 2.27. The van der Waals surface area contributed by atoms with Crippen LogP contribution in [0.15, 0.2) is 24.3 Å². The summed E-state index contributed by atoms with van der Waals surface area (Å²) in [5, 5.41) is 3.90. The van der Waals surface area contributed by atoms with Crippen molar-refractivity contribution < 1.29 is 9.18 Å². The normalized spacial score (nSPS) is 16.1. The second-order valence-electron chi connectivity index (χ2n) is 5.14. The van der Waals surface area contributed by atoms with Crippen molar-refractivity contribution in [2.24, 2.45) is 0 Å². The second-order valence-corrected chi connectivity index (χ2v) is 6.43. The molecule has 0 unspecified atom stereocenters. The van der Waals surface area contributed by atoms with E-state index in [-0.39, 0.29) is 11.7 Å². The molecular formula is C15H21FN2OS. The molecule has 1 amide bonds. The molecule has 0 atom stereocenters. The molecule has 0 saturated carbocycles. The minimum atomic E-state index is -0.257. The summed E-state index contributed by atoms with van der Waals surface area (Å²) >= 11 is 1.74. The zero-order chi connectivity index (χ0) is 14.4. The molecule has 5 heteroatoms. The summed E-state index contributed by atoms with van der Waals surface area (Å²) in [7, 11) is 1.77.